The van der Waals surface area contributed by atoms with Crippen LogP contribution in [0.3, 0.4) is 0 Å². The van der Waals surface area contributed by atoms with Gasteiger partial charge in [0.15, 0.2) is 0 Å². The smallest absolute Gasteiger partial charge is 0.223 e. The lowest BCUT2D eigenvalue weighted by atomic mass is 9.67. The highest BCUT2D eigenvalue weighted by atomic mass is 16.2. The van der Waals surface area contributed by atoms with E-state index in [0.29, 0.717) is 37.2 Å². The van der Waals surface area contributed by atoms with Gasteiger partial charge in [-0.25, -0.2) is 0 Å². The molecular weight excluding hydrogens is 380 g/mol. The molecule has 0 heterocycles. The largest absolute Gasteiger partial charge is 0.345 e. The van der Waals surface area contributed by atoms with Gasteiger partial charge in [0.05, 0.1) is 13.1 Å². The van der Waals surface area contributed by atoms with Crippen molar-refractivity contribution in [3.05, 3.63) is 0 Å². The van der Waals surface area contributed by atoms with Crippen LogP contribution >= 0.6 is 0 Å². The molecule has 0 aromatic carbocycles. The first kappa shape index (κ1) is 21.1. The monoisotopic (exact) mass is 412 g/mol. The Bertz CT molecular complexity index is 686. The van der Waals surface area contributed by atoms with Gasteiger partial charge in [0.2, 0.25) is 11.8 Å². The maximum atomic E-state index is 12.4. The Morgan fingerprint density at radius 2 is 1.00 bits per heavy atom. The summed E-state index contributed by atoms with van der Waals surface area (Å²) in [5.41, 5.74) is 0. The number of Topliss-reactive ketones (excluding diaryl/α,β-unsaturated/α-hetero) is 2. The highest BCUT2D eigenvalue weighted by Crippen LogP contribution is 2.41. The van der Waals surface area contributed by atoms with Gasteiger partial charge in [0, 0.05) is 35.5 Å². The first-order valence-electron chi connectivity index (χ1n) is 11.6. The average Bonchev–Trinajstić information content (AvgIpc) is 2.69. The van der Waals surface area contributed by atoms with Crippen molar-refractivity contribution >= 4 is 23.4 Å². The van der Waals surface area contributed by atoms with E-state index >= 15 is 0 Å². The zero-order valence-corrected chi connectivity index (χ0v) is 17.6. The fourth-order valence-electron chi connectivity index (χ4n) is 6.06. The number of nitrogens with one attached hydrogen (secondary N) is 2. The quantitative estimate of drug-likeness (QED) is 0.691. The molecule has 0 radical (unpaired) electrons. The molecular formula is C24H32N2O4. The molecule has 0 aliphatic heterocycles. The number of amides is 2. The molecule has 4 bridgehead atoms. The Balaban J connectivity index is 1.15. The molecule has 6 heteroatoms. The molecule has 2 N–H and O–H groups in total. The van der Waals surface area contributed by atoms with Crippen LogP contribution in [0.15, 0.2) is 0 Å². The third kappa shape index (κ3) is 4.61. The molecule has 6 nitrogen and oxygen atoms in total. The van der Waals surface area contributed by atoms with Gasteiger partial charge >= 0.3 is 0 Å². The summed E-state index contributed by atoms with van der Waals surface area (Å²) in [5, 5.41) is 5.73. The number of carbonyl (C=O) groups is 4. The number of ketones is 2. The molecule has 4 rings (SSSR count). The van der Waals surface area contributed by atoms with E-state index in [4.69, 9.17) is 0 Å². The molecule has 30 heavy (non-hydrogen) atoms. The van der Waals surface area contributed by atoms with Gasteiger partial charge in [-0.15, -0.1) is 0 Å². The van der Waals surface area contributed by atoms with Gasteiger partial charge in [0.25, 0.3) is 0 Å². The third-order valence-electron chi connectivity index (χ3n) is 7.66. The minimum atomic E-state index is -0.0760. The van der Waals surface area contributed by atoms with E-state index in [2.05, 4.69) is 22.5 Å². The van der Waals surface area contributed by atoms with Crippen LogP contribution in [0.4, 0.5) is 0 Å². The van der Waals surface area contributed by atoms with Gasteiger partial charge in [0.1, 0.15) is 11.6 Å². The van der Waals surface area contributed by atoms with E-state index in [1.54, 1.807) is 0 Å². The zero-order chi connectivity index (χ0) is 21.1. The predicted molar refractivity (Wildman–Crippen MR) is 111 cm³/mol. The van der Waals surface area contributed by atoms with Crippen molar-refractivity contribution in [3.8, 4) is 11.8 Å². The van der Waals surface area contributed by atoms with Crippen molar-refractivity contribution in [1.29, 1.82) is 0 Å². The lowest BCUT2D eigenvalue weighted by molar-refractivity contribution is -0.139. The Kier molecular flexibility index (Phi) is 6.55. The van der Waals surface area contributed by atoms with Gasteiger partial charge in [-0.05, 0) is 51.4 Å². The van der Waals surface area contributed by atoms with E-state index in [1.807, 2.05) is 0 Å². The van der Waals surface area contributed by atoms with Crippen molar-refractivity contribution in [1.82, 2.24) is 10.6 Å². The highest BCUT2D eigenvalue weighted by molar-refractivity contribution is 5.89. The highest BCUT2D eigenvalue weighted by Gasteiger charge is 2.42. The lowest BCUT2D eigenvalue weighted by Gasteiger charge is -2.36. The minimum Gasteiger partial charge on any atom is -0.345 e. The zero-order valence-electron chi connectivity index (χ0n) is 17.6. The standard InChI is InChI=1S/C24H32N2O4/c27-21-15-5-3-6-16(21)12-19(11-15)23(29)25-9-1-2-10-26-24(30)20-13-17-7-4-8-18(14-20)22(17)28/h15-20H,3-14H2,(H,25,29)(H,26,30). The van der Waals surface area contributed by atoms with Gasteiger partial charge < -0.3 is 10.6 Å². The molecule has 2 amide bonds. The van der Waals surface area contributed by atoms with Crippen LogP contribution in [0.1, 0.15) is 64.2 Å². The van der Waals surface area contributed by atoms with E-state index < -0.39 is 0 Å². The van der Waals surface area contributed by atoms with E-state index in [0.717, 1.165) is 38.5 Å². The fraction of sp³-hybridized carbons (Fsp3) is 0.750. The first-order chi connectivity index (χ1) is 14.5. The van der Waals surface area contributed by atoms with E-state index in [-0.39, 0.29) is 60.4 Å². The number of carbonyl (C=O) groups excluding carboxylic acids is 4. The number of fused-ring (bicyclic) bond motifs is 4. The summed E-state index contributed by atoms with van der Waals surface area (Å²) in [6.07, 6.45) is 8.62. The van der Waals surface area contributed by atoms with E-state index in [1.165, 1.54) is 0 Å². The Morgan fingerprint density at radius 1 is 0.667 bits per heavy atom. The average molecular weight is 413 g/mol. The summed E-state index contributed by atoms with van der Waals surface area (Å²) in [5.74, 6) is 6.67. The van der Waals surface area contributed by atoms with Gasteiger partial charge in [-0.1, -0.05) is 24.7 Å². The Hall–Kier alpha value is -2.16. The van der Waals surface area contributed by atoms with E-state index in [9.17, 15) is 19.2 Å². The van der Waals surface area contributed by atoms with Crippen LogP contribution in [0.2, 0.25) is 0 Å². The summed E-state index contributed by atoms with van der Waals surface area (Å²) in [6.45, 7) is 0.521. The van der Waals surface area contributed by atoms with Crippen LogP contribution in [0.5, 0.6) is 0 Å². The SMILES string of the molecule is O=C(NCC#CCNC(=O)C1CC2CCCC(C1)C2=O)C1CC2CCCC(C1)C2=O. The molecule has 0 aromatic heterocycles. The molecule has 4 atom stereocenters. The third-order valence-corrected chi connectivity index (χ3v) is 7.66. The molecule has 4 unspecified atom stereocenters. The summed E-state index contributed by atoms with van der Waals surface area (Å²) in [7, 11) is 0. The van der Waals surface area contributed by atoms with Crippen molar-refractivity contribution in [2.45, 2.75) is 64.2 Å². The number of rotatable bonds is 4. The maximum Gasteiger partial charge on any atom is 0.223 e. The molecule has 4 saturated carbocycles. The molecule has 4 aliphatic rings. The summed E-state index contributed by atoms with van der Waals surface area (Å²) < 4.78 is 0. The van der Waals surface area contributed by atoms with Crippen molar-refractivity contribution in [2.24, 2.45) is 35.5 Å². The molecule has 0 saturated heterocycles. The van der Waals surface area contributed by atoms with Crippen molar-refractivity contribution in [2.75, 3.05) is 13.1 Å². The van der Waals surface area contributed by atoms with Gasteiger partial charge in [-0.3, -0.25) is 19.2 Å². The van der Waals surface area contributed by atoms with Crippen LogP contribution in [-0.2, 0) is 19.2 Å². The summed E-state index contributed by atoms with van der Waals surface area (Å²) >= 11 is 0. The summed E-state index contributed by atoms with van der Waals surface area (Å²) in [6, 6.07) is 0. The predicted octanol–water partition coefficient (Wildman–Crippen LogP) is 2.01. The van der Waals surface area contributed by atoms with Crippen molar-refractivity contribution in [3.63, 3.8) is 0 Å². The molecule has 0 spiro atoms. The first-order valence-corrected chi connectivity index (χ1v) is 11.6. The second-order valence-electron chi connectivity index (χ2n) is 9.58. The number of hydrogen-bond acceptors (Lipinski definition) is 4. The van der Waals surface area contributed by atoms with Crippen LogP contribution in [-0.4, -0.2) is 36.5 Å². The maximum absolute atomic E-state index is 12.4. The van der Waals surface area contributed by atoms with Crippen LogP contribution in [0.25, 0.3) is 0 Å². The molecule has 4 fully saturated rings. The molecule has 4 aliphatic carbocycles. The second kappa shape index (κ2) is 9.32. The van der Waals surface area contributed by atoms with Crippen LogP contribution < -0.4 is 10.6 Å². The Morgan fingerprint density at radius 3 is 1.33 bits per heavy atom. The van der Waals surface area contributed by atoms with Crippen LogP contribution in [0, 0.1) is 47.3 Å². The summed E-state index contributed by atoms with van der Waals surface area (Å²) in [4.78, 5) is 49.1. The van der Waals surface area contributed by atoms with Crippen molar-refractivity contribution < 1.29 is 19.2 Å². The second-order valence-corrected chi connectivity index (χ2v) is 9.58. The Labute approximate surface area is 178 Å². The van der Waals surface area contributed by atoms with Gasteiger partial charge in [-0.2, -0.15) is 0 Å². The number of hydrogen-bond donors (Lipinski definition) is 2. The topological polar surface area (TPSA) is 92.3 Å². The lowest BCUT2D eigenvalue weighted by Crippen LogP contribution is -2.43. The minimum absolute atomic E-state index is 0.00357. The molecule has 0 aromatic rings. The fourth-order valence-corrected chi connectivity index (χ4v) is 6.06. The molecule has 162 valence electrons. The normalized spacial score (nSPS) is 35.1.